The van der Waals surface area contributed by atoms with Crippen LogP contribution in [0.25, 0.3) is 0 Å². The summed E-state index contributed by atoms with van der Waals surface area (Å²) < 4.78 is 16.6. The first-order valence-electron chi connectivity index (χ1n) is 8.00. The average Bonchev–Trinajstić information content (AvgIpc) is 2.58. The van der Waals surface area contributed by atoms with Gasteiger partial charge in [0.2, 0.25) is 5.75 Å². The average molecular weight is 320 g/mol. The highest BCUT2D eigenvalue weighted by molar-refractivity contribution is 5.56. The van der Waals surface area contributed by atoms with Crippen molar-refractivity contribution >= 4 is 0 Å². The first-order valence-corrected chi connectivity index (χ1v) is 8.00. The van der Waals surface area contributed by atoms with E-state index in [0.717, 1.165) is 49.5 Å². The number of rotatable bonds is 7. The number of nitrogens with zero attached hydrogens (tertiary/aromatic N) is 1. The van der Waals surface area contributed by atoms with Gasteiger partial charge in [-0.25, -0.2) is 0 Å². The molecule has 1 aliphatic rings. The minimum Gasteiger partial charge on any atom is -0.493 e. The van der Waals surface area contributed by atoms with Crippen LogP contribution in [0.3, 0.4) is 0 Å². The number of piperazine rings is 1. The van der Waals surface area contributed by atoms with Crippen molar-refractivity contribution in [2.75, 3.05) is 47.5 Å². The lowest BCUT2D eigenvalue weighted by atomic mass is 9.96. The second-order valence-electron chi connectivity index (χ2n) is 5.89. The molecule has 0 radical (unpaired) electrons. The van der Waals surface area contributed by atoms with Crippen molar-refractivity contribution in [3.05, 3.63) is 29.8 Å². The molecule has 1 saturated heterocycles. The molecule has 2 rings (SSSR count). The van der Waals surface area contributed by atoms with Crippen molar-refractivity contribution in [1.29, 1.82) is 0 Å². The Balaban J connectivity index is 2.46. The van der Waals surface area contributed by atoms with Crippen molar-refractivity contribution in [2.45, 2.75) is 19.4 Å². The van der Waals surface area contributed by atoms with Crippen LogP contribution in [0.15, 0.2) is 24.3 Å². The van der Waals surface area contributed by atoms with Gasteiger partial charge in [-0.05, 0) is 25.5 Å². The topological polar surface area (TPSA) is 43.0 Å². The summed E-state index contributed by atoms with van der Waals surface area (Å²) >= 11 is 0. The van der Waals surface area contributed by atoms with E-state index in [4.69, 9.17) is 14.2 Å². The fraction of sp³-hybridized carbons (Fsp3) is 0.556. The quantitative estimate of drug-likeness (QED) is 0.782. The van der Waals surface area contributed by atoms with Crippen LogP contribution >= 0.6 is 0 Å². The number of benzene rings is 1. The number of nitrogens with one attached hydrogen (secondary N) is 1. The van der Waals surface area contributed by atoms with Crippen LogP contribution in [-0.2, 0) is 0 Å². The first-order chi connectivity index (χ1) is 11.1. The van der Waals surface area contributed by atoms with Crippen LogP contribution in [0.2, 0.25) is 0 Å². The van der Waals surface area contributed by atoms with E-state index in [1.807, 2.05) is 6.07 Å². The second-order valence-corrected chi connectivity index (χ2v) is 5.89. The number of hydrogen-bond acceptors (Lipinski definition) is 5. The van der Waals surface area contributed by atoms with Crippen LogP contribution in [0.4, 0.5) is 0 Å². The maximum Gasteiger partial charge on any atom is 0.203 e. The molecule has 0 aromatic heterocycles. The van der Waals surface area contributed by atoms with Crippen molar-refractivity contribution in [3.63, 3.8) is 0 Å². The van der Waals surface area contributed by atoms with Gasteiger partial charge >= 0.3 is 0 Å². The smallest absolute Gasteiger partial charge is 0.203 e. The summed E-state index contributed by atoms with van der Waals surface area (Å²) in [6.45, 7) is 10.2. The maximum absolute atomic E-state index is 5.69. The minimum absolute atomic E-state index is 0.226. The molecule has 5 nitrogen and oxygen atoms in total. The molecule has 0 bridgehead atoms. The maximum atomic E-state index is 5.69. The Kier molecular flexibility index (Phi) is 6.30. The molecule has 1 heterocycles. The Bertz CT molecular complexity index is 539. The van der Waals surface area contributed by atoms with Crippen LogP contribution in [0, 0.1) is 0 Å². The fourth-order valence-corrected chi connectivity index (χ4v) is 3.15. The van der Waals surface area contributed by atoms with E-state index in [1.165, 1.54) is 0 Å². The standard InChI is InChI=1S/C18H28N2O3/c1-13(2)12-15(20-10-8-19-9-11-20)14-6-7-16(21-3)18(23-5)17(14)22-4/h6-7,15,19H,1,8-12H2,2-5H3/t15-/m1/s1. The van der Waals surface area contributed by atoms with Crippen molar-refractivity contribution in [1.82, 2.24) is 10.2 Å². The summed E-state index contributed by atoms with van der Waals surface area (Å²) in [5.74, 6) is 2.08. The van der Waals surface area contributed by atoms with Gasteiger partial charge in [-0.2, -0.15) is 0 Å². The lowest BCUT2D eigenvalue weighted by Crippen LogP contribution is -2.45. The van der Waals surface area contributed by atoms with Gasteiger partial charge in [0.15, 0.2) is 11.5 Å². The molecule has 0 amide bonds. The Labute approximate surface area is 139 Å². The molecule has 1 aromatic carbocycles. The zero-order chi connectivity index (χ0) is 16.8. The van der Waals surface area contributed by atoms with E-state index in [9.17, 15) is 0 Å². The Morgan fingerprint density at radius 2 is 1.78 bits per heavy atom. The van der Waals surface area contributed by atoms with E-state index in [0.29, 0.717) is 11.5 Å². The highest BCUT2D eigenvalue weighted by atomic mass is 16.5. The van der Waals surface area contributed by atoms with Crippen LogP contribution in [0.1, 0.15) is 24.9 Å². The summed E-state index contributed by atoms with van der Waals surface area (Å²) in [4.78, 5) is 2.48. The Morgan fingerprint density at radius 1 is 1.13 bits per heavy atom. The zero-order valence-electron chi connectivity index (χ0n) is 14.6. The Morgan fingerprint density at radius 3 is 2.30 bits per heavy atom. The van der Waals surface area contributed by atoms with Crippen LogP contribution in [-0.4, -0.2) is 52.4 Å². The van der Waals surface area contributed by atoms with Gasteiger partial charge in [0.05, 0.1) is 21.3 Å². The molecule has 5 heteroatoms. The van der Waals surface area contributed by atoms with Crippen LogP contribution in [0.5, 0.6) is 17.2 Å². The predicted octanol–water partition coefficient (Wildman–Crippen LogP) is 2.62. The zero-order valence-corrected chi connectivity index (χ0v) is 14.6. The van der Waals surface area contributed by atoms with Gasteiger partial charge in [0, 0.05) is 37.8 Å². The molecule has 128 valence electrons. The summed E-state index contributed by atoms with van der Waals surface area (Å²) in [6.07, 6.45) is 0.895. The molecule has 1 aliphatic heterocycles. The third-order valence-corrected chi connectivity index (χ3v) is 4.23. The molecule has 1 aromatic rings. The molecule has 1 N–H and O–H groups in total. The normalized spacial score (nSPS) is 16.7. The van der Waals surface area contributed by atoms with Gasteiger partial charge in [0.25, 0.3) is 0 Å². The van der Waals surface area contributed by atoms with E-state index in [1.54, 1.807) is 21.3 Å². The molecule has 0 aliphatic carbocycles. The lowest BCUT2D eigenvalue weighted by molar-refractivity contribution is 0.168. The molecule has 0 saturated carbocycles. The summed E-state index contributed by atoms with van der Waals surface area (Å²) in [6, 6.07) is 4.25. The number of hydrogen-bond donors (Lipinski definition) is 1. The molecule has 1 atom stereocenters. The summed E-state index contributed by atoms with van der Waals surface area (Å²) in [5, 5.41) is 3.40. The van der Waals surface area contributed by atoms with E-state index in [2.05, 4.69) is 29.8 Å². The molecular formula is C18H28N2O3. The largest absolute Gasteiger partial charge is 0.493 e. The third kappa shape index (κ3) is 3.98. The number of ether oxygens (including phenoxy) is 3. The third-order valence-electron chi connectivity index (χ3n) is 4.23. The van der Waals surface area contributed by atoms with Gasteiger partial charge in [0.1, 0.15) is 0 Å². The van der Waals surface area contributed by atoms with E-state index >= 15 is 0 Å². The molecule has 0 spiro atoms. The number of methoxy groups -OCH3 is 3. The monoisotopic (exact) mass is 320 g/mol. The van der Waals surface area contributed by atoms with Gasteiger partial charge < -0.3 is 19.5 Å². The SMILES string of the molecule is C=C(C)C[C@H](c1ccc(OC)c(OC)c1OC)N1CCNCC1. The molecule has 1 fully saturated rings. The molecule has 0 unspecified atom stereocenters. The second kappa shape index (κ2) is 8.22. The van der Waals surface area contributed by atoms with E-state index in [-0.39, 0.29) is 6.04 Å². The fourth-order valence-electron chi connectivity index (χ4n) is 3.15. The molecular weight excluding hydrogens is 292 g/mol. The highest BCUT2D eigenvalue weighted by Gasteiger charge is 2.27. The van der Waals surface area contributed by atoms with Gasteiger partial charge in [-0.3, -0.25) is 4.90 Å². The van der Waals surface area contributed by atoms with Crippen molar-refractivity contribution in [2.24, 2.45) is 0 Å². The Hall–Kier alpha value is -1.72. The minimum atomic E-state index is 0.226. The summed E-state index contributed by atoms with van der Waals surface area (Å²) in [5.41, 5.74) is 2.28. The lowest BCUT2D eigenvalue weighted by Gasteiger charge is -2.36. The van der Waals surface area contributed by atoms with Crippen molar-refractivity contribution < 1.29 is 14.2 Å². The van der Waals surface area contributed by atoms with Crippen molar-refractivity contribution in [3.8, 4) is 17.2 Å². The highest BCUT2D eigenvalue weighted by Crippen LogP contribution is 2.44. The van der Waals surface area contributed by atoms with E-state index < -0.39 is 0 Å². The first kappa shape index (κ1) is 17.6. The van der Waals surface area contributed by atoms with Crippen LogP contribution < -0.4 is 19.5 Å². The molecule has 23 heavy (non-hydrogen) atoms. The van der Waals surface area contributed by atoms with Gasteiger partial charge in [-0.15, -0.1) is 6.58 Å². The van der Waals surface area contributed by atoms with Gasteiger partial charge in [-0.1, -0.05) is 5.57 Å². The summed E-state index contributed by atoms with van der Waals surface area (Å²) in [7, 11) is 4.96. The predicted molar refractivity (Wildman–Crippen MR) is 92.7 cm³/mol.